The molecule has 3 N–H and O–H groups in total. The third-order valence-corrected chi connectivity index (χ3v) is 7.01. The summed E-state index contributed by atoms with van der Waals surface area (Å²) in [6.07, 6.45) is -0.618. The topological polar surface area (TPSA) is 121 Å². The van der Waals surface area contributed by atoms with Gasteiger partial charge in [0.05, 0.1) is 41.3 Å². The van der Waals surface area contributed by atoms with E-state index >= 15 is 0 Å². The molecule has 33 heavy (non-hydrogen) atoms. The number of carbonyl (C=O) groups excluding carboxylic acids is 3. The van der Waals surface area contributed by atoms with Crippen molar-refractivity contribution in [3.05, 3.63) is 41.0 Å². The van der Waals surface area contributed by atoms with Crippen LogP contribution in [0.4, 0.5) is 0 Å². The van der Waals surface area contributed by atoms with Gasteiger partial charge in [-0.25, -0.2) is 4.98 Å². The average Bonchev–Trinajstić information content (AvgIpc) is 3.36. The molecule has 3 atom stereocenters. The predicted octanol–water partition coefficient (Wildman–Crippen LogP) is 0.848. The van der Waals surface area contributed by atoms with Crippen molar-refractivity contribution in [3.63, 3.8) is 0 Å². The number of aryl methyl sites for hydroxylation is 1. The lowest BCUT2D eigenvalue weighted by atomic mass is 10.1. The molecule has 2 fully saturated rings. The van der Waals surface area contributed by atoms with E-state index < -0.39 is 18.2 Å². The second-order valence-corrected chi connectivity index (χ2v) is 9.40. The van der Waals surface area contributed by atoms with Crippen LogP contribution >= 0.6 is 11.3 Å². The summed E-state index contributed by atoms with van der Waals surface area (Å²) in [6.45, 7) is 4.63. The quantitative estimate of drug-likeness (QED) is 0.549. The SMILES string of the molecule is Cc1ncsc1-c1ccc(CNC(=O)C2CC(O)CN2C(=O)C(C)NC(=O)C2COC2)cc1. The minimum atomic E-state index is -0.790. The predicted molar refractivity (Wildman–Crippen MR) is 122 cm³/mol. The molecule has 0 aliphatic carbocycles. The molecule has 1 aromatic heterocycles. The van der Waals surface area contributed by atoms with Crippen molar-refractivity contribution >= 4 is 29.1 Å². The number of nitrogens with one attached hydrogen (secondary N) is 2. The molecule has 2 aromatic rings. The third kappa shape index (κ3) is 5.23. The van der Waals surface area contributed by atoms with E-state index in [9.17, 15) is 19.5 Å². The number of carbonyl (C=O) groups is 3. The van der Waals surface area contributed by atoms with Crippen LogP contribution in [0.5, 0.6) is 0 Å². The Morgan fingerprint density at radius 2 is 1.97 bits per heavy atom. The second kappa shape index (κ2) is 9.98. The first kappa shape index (κ1) is 23.3. The van der Waals surface area contributed by atoms with Gasteiger partial charge in [0.2, 0.25) is 17.7 Å². The number of β-amino-alcohol motifs (C(OH)–C–C–N with tert-alkyl or cyclic N) is 1. The fourth-order valence-corrected chi connectivity index (χ4v) is 4.81. The Hall–Kier alpha value is -2.82. The maximum atomic E-state index is 12.9. The number of ether oxygens (including phenoxy) is 1. The van der Waals surface area contributed by atoms with Crippen LogP contribution in [0.15, 0.2) is 29.8 Å². The van der Waals surface area contributed by atoms with E-state index in [2.05, 4.69) is 15.6 Å². The number of aliphatic hydroxyl groups excluding tert-OH is 1. The molecule has 0 saturated carbocycles. The first-order valence-electron chi connectivity index (χ1n) is 11.0. The van der Waals surface area contributed by atoms with Gasteiger partial charge in [-0.05, 0) is 25.0 Å². The van der Waals surface area contributed by atoms with E-state index in [1.807, 2.05) is 36.7 Å². The normalized spacial score (nSPS) is 21.4. The van der Waals surface area contributed by atoms with E-state index in [-0.39, 0.29) is 36.6 Å². The van der Waals surface area contributed by atoms with Crippen LogP contribution in [-0.2, 0) is 25.7 Å². The summed E-state index contributed by atoms with van der Waals surface area (Å²) < 4.78 is 5.01. The molecule has 4 rings (SSSR count). The van der Waals surface area contributed by atoms with Crippen molar-refractivity contribution in [2.24, 2.45) is 5.92 Å². The van der Waals surface area contributed by atoms with Gasteiger partial charge >= 0.3 is 0 Å². The molecular weight excluding hydrogens is 444 g/mol. The number of aromatic nitrogens is 1. The van der Waals surface area contributed by atoms with Gasteiger partial charge in [-0.15, -0.1) is 11.3 Å². The summed E-state index contributed by atoms with van der Waals surface area (Å²) in [4.78, 5) is 44.6. The summed E-state index contributed by atoms with van der Waals surface area (Å²) in [7, 11) is 0. The Balaban J connectivity index is 1.33. The zero-order valence-electron chi connectivity index (χ0n) is 18.6. The van der Waals surface area contributed by atoms with Gasteiger partial charge in [0.15, 0.2) is 0 Å². The lowest BCUT2D eigenvalue weighted by Crippen LogP contribution is -2.54. The summed E-state index contributed by atoms with van der Waals surface area (Å²) in [6, 6.07) is 6.31. The maximum Gasteiger partial charge on any atom is 0.245 e. The van der Waals surface area contributed by atoms with Gasteiger partial charge in [0, 0.05) is 19.5 Å². The maximum absolute atomic E-state index is 12.9. The summed E-state index contributed by atoms with van der Waals surface area (Å²) in [5, 5.41) is 15.7. The zero-order valence-corrected chi connectivity index (χ0v) is 19.4. The van der Waals surface area contributed by atoms with Gasteiger partial charge in [0.1, 0.15) is 12.1 Å². The fourth-order valence-electron chi connectivity index (χ4n) is 3.99. The molecule has 3 unspecified atom stereocenters. The Kier molecular flexibility index (Phi) is 7.06. The molecule has 0 spiro atoms. The van der Waals surface area contributed by atoms with E-state index in [0.717, 1.165) is 21.7 Å². The van der Waals surface area contributed by atoms with E-state index in [4.69, 9.17) is 4.74 Å². The number of benzene rings is 1. The Bertz CT molecular complexity index is 1020. The van der Waals surface area contributed by atoms with Crippen LogP contribution in [0.2, 0.25) is 0 Å². The number of rotatable bonds is 7. The highest BCUT2D eigenvalue weighted by Crippen LogP contribution is 2.27. The van der Waals surface area contributed by atoms with E-state index in [0.29, 0.717) is 19.8 Å². The van der Waals surface area contributed by atoms with E-state index in [1.165, 1.54) is 4.90 Å². The van der Waals surface area contributed by atoms with Crippen molar-refractivity contribution in [3.8, 4) is 10.4 Å². The molecule has 2 saturated heterocycles. The first-order valence-corrected chi connectivity index (χ1v) is 11.8. The van der Waals surface area contributed by atoms with Gasteiger partial charge < -0.3 is 25.4 Å². The standard InChI is InChI=1S/C23H28N4O5S/c1-13-20(33-12-25-13)16-5-3-15(4-6-16)8-24-22(30)19-7-18(28)9-27(19)23(31)14(2)26-21(29)17-10-32-11-17/h3-6,12,14,17-19,28H,7-11H2,1-2H3,(H,24,30)(H,26,29). The van der Waals surface area contributed by atoms with Crippen molar-refractivity contribution in [2.75, 3.05) is 19.8 Å². The summed E-state index contributed by atoms with van der Waals surface area (Å²) in [5.41, 5.74) is 4.80. The highest BCUT2D eigenvalue weighted by atomic mass is 32.1. The number of amides is 3. The Morgan fingerprint density at radius 3 is 2.58 bits per heavy atom. The molecule has 1 aromatic carbocycles. The van der Waals surface area contributed by atoms with Crippen LogP contribution in [0.25, 0.3) is 10.4 Å². The molecule has 3 heterocycles. The molecule has 0 radical (unpaired) electrons. The molecule has 9 nitrogen and oxygen atoms in total. The van der Waals surface area contributed by atoms with Crippen molar-refractivity contribution in [1.82, 2.24) is 20.5 Å². The summed E-state index contributed by atoms with van der Waals surface area (Å²) >= 11 is 1.58. The van der Waals surface area contributed by atoms with E-state index in [1.54, 1.807) is 18.3 Å². The Labute approximate surface area is 196 Å². The average molecular weight is 473 g/mol. The fraction of sp³-hybridized carbons (Fsp3) is 0.478. The minimum Gasteiger partial charge on any atom is -0.391 e. The lowest BCUT2D eigenvalue weighted by Gasteiger charge is -2.29. The lowest BCUT2D eigenvalue weighted by molar-refractivity contribution is -0.145. The Morgan fingerprint density at radius 1 is 1.24 bits per heavy atom. The number of thiazole rings is 1. The van der Waals surface area contributed by atoms with Crippen molar-refractivity contribution in [2.45, 2.75) is 45.0 Å². The van der Waals surface area contributed by atoms with Crippen LogP contribution in [0.1, 0.15) is 24.6 Å². The molecule has 3 amide bonds. The van der Waals surface area contributed by atoms with Gasteiger partial charge in [-0.1, -0.05) is 24.3 Å². The van der Waals surface area contributed by atoms with Crippen LogP contribution in [0, 0.1) is 12.8 Å². The van der Waals surface area contributed by atoms with Crippen LogP contribution in [-0.4, -0.2) is 70.7 Å². The van der Waals surface area contributed by atoms with Gasteiger partial charge in [-0.3, -0.25) is 14.4 Å². The van der Waals surface area contributed by atoms with Crippen LogP contribution < -0.4 is 10.6 Å². The second-order valence-electron chi connectivity index (χ2n) is 8.54. The monoisotopic (exact) mass is 472 g/mol. The molecule has 176 valence electrons. The number of aliphatic hydroxyl groups is 1. The number of likely N-dealkylation sites (tertiary alicyclic amines) is 1. The zero-order chi connectivity index (χ0) is 23.5. The molecule has 0 bridgehead atoms. The molecule has 2 aliphatic rings. The molecule has 10 heteroatoms. The molecular formula is C23H28N4O5S. The van der Waals surface area contributed by atoms with Crippen molar-refractivity contribution < 1.29 is 24.2 Å². The first-order chi connectivity index (χ1) is 15.8. The smallest absolute Gasteiger partial charge is 0.245 e. The third-order valence-electron chi connectivity index (χ3n) is 6.03. The van der Waals surface area contributed by atoms with Gasteiger partial charge in [0.25, 0.3) is 0 Å². The van der Waals surface area contributed by atoms with Gasteiger partial charge in [-0.2, -0.15) is 0 Å². The minimum absolute atomic E-state index is 0.0621. The number of hydrogen-bond acceptors (Lipinski definition) is 7. The summed E-state index contributed by atoms with van der Waals surface area (Å²) in [5.74, 6) is -1.19. The highest BCUT2D eigenvalue weighted by molar-refractivity contribution is 7.13. The molecule has 2 aliphatic heterocycles. The number of hydrogen-bond donors (Lipinski definition) is 3. The largest absolute Gasteiger partial charge is 0.391 e. The number of nitrogens with zero attached hydrogens (tertiary/aromatic N) is 2. The van der Waals surface area contributed by atoms with Crippen LogP contribution in [0.3, 0.4) is 0 Å². The van der Waals surface area contributed by atoms with Crippen molar-refractivity contribution in [1.29, 1.82) is 0 Å². The highest BCUT2D eigenvalue weighted by Gasteiger charge is 2.41.